The summed E-state index contributed by atoms with van der Waals surface area (Å²) in [7, 11) is 0. The molecule has 0 heterocycles. The van der Waals surface area contributed by atoms with Crippen molar-refractivity contribution >= 4 is 12.6 Å². The van der Waals surface area contributed by atoms with E-state index in [1.165, 1.54) is 17.2 Å². The number of hydrogen-bond acceptors (Lipinski definition) is 4. The molecule has 0 spiro atoms. The molecule has 0 radical (unpaired) electrons. The molecule has 1 aromatic rings. The first-order valence-electron chi connectivity index (χ1n) is 12.4. The minimum Gasteiger partial charge on any atom is -0.392 e. The van der Waals surface area contributed by atoms with Crippen LogP contribution in [-0.4, -0.2) is 35.5 Å². The van der Waals surface area contributed by atoms with Crippen LogP contribution in [0.15, 0.2) is 76.2 Å². The Kier molecular flexibility index (Phi) is 10.6. The Morgan fingerprint density at radius 3 is 2.57 bits per heavy atom. The number of aliphatic hydroxyl groups is 1. The molecule has 190 valence electrons. The number of benzene rings is 1. The van der Waals surface area contributed by atoms with Crippen molar-refractivity contribution in [1.29, 1.82) is 0 Å². The molecular weight excluding hydrogens is 441 g/mol. The SMILES string of the molecule is C=NN(C1=C(CC)CC2(CC)C(=C1)CCC2O)/C(C)=C/C=C\CF.CCc1ccccc1C(N)=O. The second kappa shape index (κ2) is 13.2. The molecule has 2 atom stereocenters. The molecule has 0 bridgehead atoms. The second-order valence-electron chi connectivity index (χ2n) is 8.97. The average Bonchev–Trinajstić information content (AvgIpc) is 3.20. The summed E-state index contributed by atoms with van der Waals surface area (Å²) >= 11 is 0. The van der Waals surface area contributed by atoms with Crippen molar-refractivity contribution in [2.24, 2.45) is 16.3 Å². The Morgan fingerprint density at radius 2 is 2.03 bits per heavy atom. The van der Waals surface area contributed by atoms with E-state index in [-0.39, 0.29) is 17.4 Å². The molecule has 3 rings (SSSR count). The molecule has 0 aliphatic heterocycles. The number of primary amides is 1. The molecule has 1 saturated carbocycles. The van der Waals surface area contributed by atoms with Crippen LogP contribution in [0.4, 0.5) is 4.39 Å². The molecule has 1 fully saturated rings. The van der Waals surface area contributed by atoms with Crippen molar-refractivity contribution in [2.75, 3.05) is 6.67 Å². The van der Waals surface area contributed by atoms with Gasteiger partial charge in [0.25, 0.3) is 0 Å². The fraction of sp³-hybridized carbons (Fsp3) is 0.448. The summed E-state index contributed by atoms with van der Waals surface area (Å²) in [5.41, 5.74) is 11.3. The molecule has 5 nitrogen and oxygen atoms in total. The number of nitrogens with zero attached hydrogens (tertiary/aromatic N) is 2. The van der Waals surface area contributed by atoms with E-state index >= 15 is 0 Å². The predicted molar refractivity (Wildman–Crippen MR) is 143 cm³/mol. The fourth-order valence-electron chi connectivity index (χ4n) is 5.10. The average molecular weight is 482 g/mol. The van der Waals surface area contributed by atoms with E-state index in [4.69, 9.17) is 5.73 Å². The first-order valence-corrected chi connectivity index (χ1v) is 12.4. The molecule has 1 amide bonds. The third-order valence-electron chi connectivity index (χ3n) is 7.15. The number of carbonyl (C=O) groups is 1. The van der Waals surface area contributed by atoms with Gasteiger partial charge in [0.1, 0.15) is 6.67 Å². The van der Waals surface area contributed by atoms with Crippen molar-refractivity contribution in [2.45, 2.75) is 72.3 Å². The van der Waals surface area contributed by atoms with Gasteiger partial charge in [-0.3, -0.25) is 4.79 Å². The van der Waals surface area contributed by atoms with Crippen LogP contribution in [0, 0.1) is 5.41 Å². The van der Waals surface area contributed by atoms with Gasteiger partial charge in [-0.05, 0) is 74.8 Å². The molecule has 2 unspecified atom stereocenters. The largest absolute Gasteiger partial charge is 0.392 e. The summed E-state index contributed by atoms with van der Waals surface area (Å²) < 4.78 is 12.3. The monoisotopic (exact) mass is 481 g/mol. The van der Waals surface area contributed by atoms with E-state index < -0.39 is 6.67 Å². The number of nitrogens with two attached hydrogens (primary N) is 1. The lowest BCUT2D eigenvalue weighted by Crippen LogP contribution is -2.34. The Morgan fingerprint density at radius 1 is 1.31 bits per heavy atom. The number of rotatable bonds is 9. The number of aryl methyl sites for hydroxylation is 1. The van der Waals surface area contributed by atoms with Crippen LogP contribution in [-0.2, 0) is 6.42 Å². The maximum Gasteiger partial charge on any atom is 0.248 e. The number of amides is 1. The minimum absolute atomic E-state index is 0.104. The molecule has 2 aliphatic rings. The molecule has 0 aromatic heterocycles. The highest BCUT2D eigenvalue weighted by molar-refractivity contribution is 5.94. The Hall–Kier alpha value is -2.99. The van der Waals surface area contributed by atoms with Crippen LogP contribution in [0.5, 0.6) is 0 Å². The number of hydrazone groups is 1. The van der Waals surface area contributed by atoms with E-state index in [0.29, 0.717) is 5.56 Å². The van der Waals surface area contributed by atoms with Gasteiger partial charge in [-0.25, -0.2) is 9.40 Å². The maximum atomic E-state index is 12.3. The summed E-state index contributed by atoms with van der Waals surface area (Å²) in [5, 5.41) is 16.6. The van der Waals surface area contributed by atoms with Crippen molar-refractivity contribution in [3.05, 3.63) is 82.2 Å². The Labute approximate surface area is 209 Å². The van der Waals surface area contributed by atoms with Crippen LogP contribution in [0.2, 0.25) is 0 Å². The molecule has 6 heteroatoms. The van der Waals surface area contributed by atoms with Crippen LogP contribution in [0.1, 0.15) is 75.7 Å². The Balaban J connectivity index is 0.000000328. The lowest BCUT2D eigenvalue weighted by atomic mass is 9.69. The standard InChI is InChI=1S/C20H29FN2O.C9H11NO/c1-5-16-14-20(6-2)17(10-11-19(20)24)13-18(16)23(22-4)15(3)9-7-8-12-21;1-2-7-5-3-4-6-8(7)9(10)11/h7-9,13,19,24H,4-6,10-12,14H2,1-3H3;3-6H,2H2,1H3,(H2,10,11)/b8-7-,15-9+;. The number of allylic oxidation sites excluding steroid dienone is 6. The van der Waals surface area contributed by atoms with Gasteiger partial charge in [-0.2, -0.15) is 5.10 Å². The number of hydrogen-bond donors (Lipinski definition) is 2. The van der Waals surface area contributed by atoms with Crippen LogP contribution in [0.3, 0.4) is 0 Å². The van der Waals surface area contributed by atoms with Gasteiger partial charge in [0.15, 0.2) is 0 Å². The zero-order chi connectivity index (χ0) is 26.0. The zero-order valence-corrected chi connectivity index (χ0v) is 21.6. The molecule has 35 heavy (non-hydrogen) atoms. The van der Waals surface area contributed by atoms with Gasteiger partial charge >= 0.3 is 0 Å². The summed E-state index contributed by atoms with van der Waals surface area (Å²) in [5.74, 6) is -0.345. The van der Waals surface area contributed by atoms with E-state index in [0.717, 1.165) is 55.5 Å². The number of aliphatic hydroxyl groups excluding tert-OH is 1. The zero-order valence-electron chi connectivity index (χ0n) is 21.6. The second-order valence-corrected chi connectivity index (χ2v) is 8.97. The van der Waals surface area contributed by atoms with Crippen molar-refractivity contribution < 1.29 is 14.3 Å². The summed E-state index contributed by atoms with van der Waals surface area (Å²) in [4.78, 5) is 10.8. The lowest BCUT2D eigenvalue weighted by Gasteiger charge is -2.39. The number of fused-ring (bicyclic) bond motifs is 1. The summed E-state index contributed by atoms with van der Waals surface area (Å²) in [6.07, 6.45) is 12.3. The number of carbonyl (C=O) groups excluding carboxylic acids is 1. The summed E-state index contributed by atoms with van der Waals surface area (Å²) in [6, 6.07) is 7.39. The minimum atomic E-state index is -0.477. The normalized spacial score (nSPS) is 21.8. The third-order valence-corrected chi connectivity index (χ3v) is 7.15. The highest BCUT2D eigenvalue weighted by atomic mass is 19.1. The van der Waals surface area contributed by atoms with Crippen LogP contribution < -0.4 is 5.73 Å². The summed E-state index contributed by atoms with van der Waals surface area (Å²) in [6.45, 7) is 11.5. The van der Waals surface area contributed by atoms with Crippen molar-refractivity contribution in [3.63, 3.8) is 0 Å². The van der Waals surface area contributed by atoms with Gasteiger partial charge in [-0.1, -0.05) is 56.7 Å². The van der Waals surface area contributed by atoms with Crippen LogP contribution >= 0.6 is 0 Å². The highest BCUT2D eigenvalue weighted by Gasteiger charge is 2.47. The molecule has 3 N–H and O–H groups in total. The van der Waals surface area contributed by atoms with E-state index in [2.05, 4.69) is 31.7 Å². The molecule has 2 aliphatic carbocycles. The maximum absolute atomic E-state index is 12.3. The molecule has 1 aromatic carbocycles. The lowest BCUT2D eigenvalue weighted by molar-refractivity contribution is 0.0665. The van der Waals surface area contributed by atoms with Gasteiger partial charge in [0.05, 0.1) is 11.8 Å². The number of alkyl halides is 1. The van der Waals surface area contributed by atoms with Crippen molar-refractivity contribution in [3.8, 4) is 0 Å². The highest BCUT2D eigenvalue weighted by Crippen LogP contribution is 2.54. The van der Waals surface area contributed by atoms with E-state index in [1.54, 1.807) is 12.1 Å². The van der Waals surface area contributed by atoms with Crippen molar-refractivity contribution in [1.82, 2.24) is 5.01 Å². The first-order chi connectivity index (χ1) is 16.8. The van der Waals surface area contributed by atoms with Gasteiger partial charge in [0, 0.05) is 23.4 Å². The van der Waals surface area contributed by atoms with Crippen LogP contribution in [0.25, 0.3) is 0 Å². The van der Waals surface area contributed by atoms with E-state index in [9.17, 15) is 14.3 Å². The predicted octanol–water partition coefficient (Wildman–Crippen LogP) is 6.23. The topological polar surface area (TPSA) is 78.9 Å². The van der Waals surface area contributed by atoms with Gasteiger partial charge in [0.2, 0.25) is 5.91 Å². The first kappa shape index (κ1) is 28.2. The third kappa shape index (κ3) is 6.37. The smallest absolute Gasteiger partial charge is 0.248 e. The quantitative estimate of drug-likeness (QED) is 0.249. The number of halogens is 1. The fourth-order valence-corrected chi connectivity index (χ4v) is 5.10. The Bertz CT molecular complexity index is 1020. The van der Waals surface area contributed by atoms with E-state index in [1.807, 2.05) is 43.1 Å². The molecule has 0 saturated heterocycles. The van der Waals surface area contributed by atoms with Gasteiger partial charge < -0.3 is 10.8 Å². The van der Waals surface area contributed by atoms with Gasteiger partial charge in [-0.15, -0.1) is 0 Å². The molecular formula is C29H40FN3O2.